The van der Waals surface area contributed by atoms with E-state index >= 15 is 0 Å². The van der Waals surface area contributed by atoms with Gasteiger partial charge in [0.1, 0.15) is 5.82 Å². The lowest BCUT2D eigenvalue weighted by Crippen LogP contribution is -2.34. The number of nitrogens with two attached hydrogens (primary N) is 1. The summed E-state index contributed by atoms with van der Waals surface area (Å²) in [5.74, 6) is 0.281. The summed E-state index contributed by atoms with van der Waals surface area (Å²) in [6.45, 7) is 4.94. The van der Waals surface area contributed by atoms with E-state index < -0.39 is 5.82 Å². The summed E-state index contributed by atoms with van der Waals surface area (Å²) >= 11 is 0. The normalized spacial score (nSPS) is 15.0. The van der Waals surface area contributed by atoms with Crippen LogP contribution in [0.4, 0.5) is 15.8 Å². The molecule has 4 nitrogen and oxygen atoms in total. The Morgan fingerprint density at radius 2 is 2.24 bits per heavy atom. The van der Waals surface area contributed by atoms with Crippen molar-refractivity contribution in [1.29, 1.82) is 0 Å². The van der Waals surface area contributed by atoms with Gasteiger partial charge in [0.2, 0.25) is 5.91 Å². The molecule has 0 bridgehead atoms. The van der Waals surface area contributed by atoms with Crippen LogP contribution >= 0.6 is 0 Å². The van der Waals surface area contributed by atoms with Gasteiger partial charge in [-0.3, -0.25) is 4.79 Å². The first kappa shape index (κ1) is 15.8. The number of halogens is 1. The SMILES string of the molecule is CCN(CCC(=O)Nc1ccc(F)c(N)c1)CC1CCC1. The topological polar surface area (TPSA) is 58.4 Å². The average Bonchev–Trinajstić information content (AvgIpc) is 2.41. The molecule has 1 aliphatic rings. The van der Waals surface area contributed by atoms with Gasteiger partial charge in [0.15, 0.2) is 0 Å². The molecule has 2 rings (SSSR count). The lowest BCUT2D eigenvalue weighted by molar-refractivity contribution is -0.116. The van der Waals surface area contributed by atoms with Crippen molar-refractivity contribution in [3.8, 4) is 0 Å². The highest BCUT2D eigenvalue weighted by atomic mass is 19.1. The van der Waals surface area contributed by atoms with Crippen molar-refractivity contribution in [2.75, 3.05) is 30.7 Å². The molecule has 1 aromatic rings. The van der Waals surface area contributed by atoms with Crippen LogP contribution in [0.2, 0.25) is 0 Å². The molecule has 0 saturated heterocycles. The molecule has 0 atom stereocenters. The first-order valence-electron chi connectivity index (χ1n) is 7.65. The first-order chi connectivity index (χ1) is 10.1. The Kier molecular flexibility index (Phi) is 5.56. The van der Waals surface area contributed by atoms with E-state index in [1.807, 2.05) is 0 Å². The first-order valence-corrected chi connectivity index (χ1v) is 7.65. The van der Waals surface area contributed by atoms with E-state index in [2.05, 4.69) is 17.1 Å². The van der Waals surface area contributed by atoms with Gasteiger partial charge in [0, 0.05) is 25.2 Å². The Hall–Kier alpha value is -1.62. The van der Waals surface area contributed by atoms with Crippen molar-refractivity contribution in [2.24, 2.45) is 5.92 Å². The monoisotopic (exact) mass is 293 g/mol. The number of benzene rings is 1. The maximum Gasteiger partial charge on any atom is 0.225 e. The van der Waals surface area contributed by atoms with Crippen LogP contribution in [-0.2, 0) is 4.79 Å². The molecule has 0 aromatic heterocycles. The van der Waals surface area contributed by atoms with Gasteiger partial charge < -0.3 is 16.0 Å². The third-order valence-corrected chi connectivity index (χ3v) is 4.12. The predicted molar refractivity (Wildman–Crippen MR) is 83.5 cm³/mol. The molecule has 0 radical (unpaired) electrons. The van der Waals surface area contributed by atoms with E-state index in [-0.39, 0.29) is 11.6 Å². The Bertz CT molecular complexity index is 488. The third kappa shape index (κ3) is 4.70. The molecule has 21 heavy (non-hydrogen) atoms. The molecule has 5 heteroatoms. The number of carbonyl (C=O) groups excluding carboxylic acids is 1. The third-order valence-electron chi connectivity index (χ3n) is 4.12. The Balaban J connectivity index is 1.76. The van der Waals surface area contributed by atoms with Crippen LogP contribution in [0.5, 0.6) is 0 Å². The van der Waals surface area contributed by atoms with Crippen LogP contribution in [0.1, 0.15) is 32.6 Å². The highest BCUT2D eigenvalue weighted by molar-refractivity contribution is 5.91. The summed E-state index contributed by atoms with van der Waals surface area (Å²) in [4.78, 5) is 14.2. The molecule has 1 fully saturated rings. The van der Waals surface area contributed by atoms with Gasteiger partial charge in [-0.25, -0.2) is 4.39 Å². The second kappa shape index (κ2) is 7.41. The van der Waals surface area contributed by atoms with Crippen LogP contribution < -0.4 is 11.1 Å². The quantitative estimate of drug-likeness (QED) is 0.760. The smallest absolute Gasteiger partial charge is 0.225 e. The maximum atomic E-state index is 13.1. The number of amides is 1. The van der Waals surface area contributed by atoms with E-state index in [0.717, 1.165) is 25.6 Å². The van der Waals surface area contributed by atoms with Gasteiger partial charge >= 0.3 is 0 Å². The molecule has 1 amide bonds. The lowest BCUT2D eigenvalue weighted by Gasteiger charge is -2.31. The zero-order valence-corrected chi connectivity index (χ0v) is 12.6. The highest BCUT2D eigenvalue weighted by Gasteiger charge is 2.20. The zero-order valence-electron chi connectivity index (χ0n) is 12.6. The van der Waals surface area contributed by atoms with Gasteiger partial charge in [0.05, 0.1) is 5.69 Å². The number of hydrogen-bond acceptors (Lipinski definition) is 3. The fraction of sp³-hybridized carbons (Fsp3) is 0.562. The molecule has 1 aromatic carbocycles. The van der Waals surface area contributed by atoms with E-state index in [1.54, 1.807) is 0 Å². The van der Waals surface area contributed by atoms with Crippen molar-refractivity contribution in [1.82, 2.24) is 4.90 Å². The van der Waals surface area contributed by atoms with Gasteiger partial charge in [-0.15, -0.1) is 0 Å². The molecule has 0 spiro atoms. The number of nitrogens with one attached hydrogen (secondary N) is 1. The van der Waals surface area contributed by atoms with Crippen molar-refractivity contribution < 1.29 is 9.18 Å². The standard InChI is InChI=1S/C16H24FN3O/c1-2-20(11-12-4-3-5-12)9-8-16(21)19-13-6-7-14(17)15(18)10-13/h6-7,10,12H,2-5,8-9,11,18H2,1H3,(H,19,21). The lowest BCUT2D eigenvalue weighted by atomic mass is 9.85. The second-order valence-corrected chi connectivity index (χ2v) is 5.72. The number of nitrogens with zero attached hydrogens (tertiary/aromatic N) is 1. The minimum atomic E-state index is -0.467. The maximum absolute atomic E-state index is 13.1. The summed E-state index contributed by atoms with van der Waals surface area (Å²) in [6, 6.07) is 4.23. The van der Waals surface area contributed by atoms with Crippen LogP contribution in [-0.4, -0.2) is 30.4 Å². The van der Waals surface area contributed by atoms with E-state index in [0.29, 0.717) is 12.1 Å². The molecule has 116 valence electrons. The summed E-state index contributed by atoms with van der Waals surface area (Å²) < 4.78 is 13.1. The second-order valence-electron chi connectivity index (χ2n) is 5.72. The Labute approximate surface area is 125 Å². The Morgan fingerprint density at radius 3 is 2.81 bits per heavy atom. The Morgan fingerprint density at radius 1 is 1.48 bits per heavy atom. The van der Waals surface area contributed by atoms with Gasteiger partial charge in [-0.1, -0.05) is 13.3 Å². The minimum absolute atomic E-state index is 0.0490. The van der Waals surface area contributed by atoms with E-state index in [1.165, 1.54) is 37.5 Å². The van der Waals surface area contributed by atoms with Crippen molar-refractivity contribution >= 4 is 17.3 Å². The van der Waals surface area contributed by atoms with Crippen molar-refractivity contribution in [2.45, 2.75) is 32.6 Å². The van der Waals surface area contributed by atoms with Crippen LogP contribution in [0.25, 0.3) is 0 Å². The van der Waals surface area contributed by atoms with Gasteiger partial charge in [-0.05, 0) is 43.5 Å². The van der Waals surface area contributed by atoms with E-state index in [9.17, 15) is 9.18 Å². The molecule has 0 aliphatic heterocycles. The average molecular weight is 293 g/mol. The molecule has 1 aliphatic carbocycles. The van der Waals surface area contributed by atoms with Crippen molar-refractivity contribution in [3.05, 3.63) is 24.0 Å². The number of rotatable bonds is 7. The highest BCUT2D eigenvalue weighted by Crippen LogP contribution is 2.27. The fourth-order valence-electron chi connectivity index (χ4n) is 2.52. The van der Waals surface area contributed by atoms with Crippen LogP contribution in [0.3, 0.4) is 0 Å². The molecule has 3 N–H and O–H groups in total. The molecular weight excluding hydrogens is 269 g/mol. The molecular formula is C16H24FN3O. The largest absolute Gasteiger partial charge is 0.396 e. The number of carbonyl (C=O) groups is 1. The summed E-state index contributed by atoms with van der Waals surface area (Å²) in [6.07, 6.45) is 4.42. The molecule has 0 heterocycles. The molecule has 1 saturated carbocycles. The van der Waals surface area contributed by atoms with Crippen LogP contribution in [0.15, 0.2) is 18.2 Å². The fourth-order valence-corrected chi connectivity index (χ4v) is 2.52. The van der Waals surface area contributed by atoms with Crippen LogP contribution in [0, 0.1) is 11.7 Å². The number of hydrogen-bond donors (Lipinski definition) is 2. The zero-order chi connectivity index (χ0) is 15.2. The van der Waals surface area contributed by atoms with Gasteiger partial charge in [-0.2, -0.15) is 0 Å². The summed E-state index contributed by atoms with van der Waals surface area (Å²) in [5, 5.41) is 2.76. The minimum Gasteiger partial charge on any atom is -0.396 e. The summed E-state index contributed by atoms with van der Waals surface area (Å²) in [5.41, 5.74) is 6.07. The summed E-state index contributed by atoms with van der Waals surface area (Å²) in [7, 11) is 0. The van der Waals surface area contributed by atoms with Gasteiger partial charge in [0.25, 0.3) is 0 Å². The van der Waals surface area contributed by atoms with E-state index in [4.69, 9.17) is 5.73 Å². The molecule has 0 unspecified atom stereocenters. The number of anilines is 2. The predicted octanol–water partition coefficient (Wildman–Crippen LogP) is 2.86. The number of nitrogen functional groups attached to an aromatic ring is 1. The van der Waals surface area contributed by atoms with Crippen molar-refractivity contribution in [3.63, 3.8) is 0 Å².